The number of carbonyl (C=O) groups is 1. The largest absolute Gasteiger partial charge is 0.483 e. The van der Waals surface area contributed by atoms with Crippen LogP contribution in [0.3, 0.4) is 0 Å². The molecule has 0 aromatic carbocycles. The van der Waals surface area contributed by atoms with Gasteiger partial charge in [0.25, 0.3) is 0 Å². The van der Waals surface area contributed by atoms with E-state index in [0.717, 1.165) is 0 Å². The summed E-state index contributed by atoms with van der Waals surface area (Å²) >= 11 is 0. The van der Waals surface area contributed by atoms with Gasteiger partial charge < -0.3 is 14.4 Å². The Morgan fingerprint density at radius 2 is 2.41 bits per heavy atom. The molecule has 0 bridgehead atoms. The van der Waals surface area contributed by atoms with Crippen LogP contribution in [0.15, 0.2) is 22.9 Å². The second-order valence-corrected chi connectivity index (χ2v) is 3.17. The van der Waals surface area contributed by atoms with Crippen LogP contribution >= 0.6 is 0 Å². The van der Waals surface area contributed by atoms with E-state index in [1.54, 1.807) is 13.0 Å². The first-order valence-corrected chi connectivity index (χ1v) is 4.77. The molecule has 0 saturated carbocycles. The second-order valence-electron chi connectivity index (χ2n) is 3.17. The number of hydrogen-bond donors (Lipinski definition) is 1. The summed E-state index contributed by atoms with van der Waals surface area (Å²) in [6.07, 6.45) is 1.38. The van der Waals surface area contributed by atoms with Gasteiger partial charge in [-0.2, -0.15) is 4.98 Å². The molecule has 2 heterocycles. The molecule has 0 amide bonds. The van der Waals surface area contributed by atoms with E-state index in [4.69, 9.17) is 14.4 Å². The van der Waals surface area contributed by atoms with Crippen molar-refractivity contribution >= 4 is 5.97 Å². The number of aromatic nitrogens is 3. The maximum absolute atomic E-state index is 10.8. The monoisotopic (exact) mass is 235 g/mol. The third-order valence-electron chi connectivity index (χ3n) is 1.90. The summed E-state index contributed by atoms with van der Waals surface area (Å²) in [5.74, 6) is -0.205. The van der Waals surface area contributed by atoms with E-state index in [0.29, 0.717) is 11.7 Å². The van der Waals surface area contributed by atoms with Gasteiger partial charge in [-0.15, -0.1) is 0 Å². The summed E-state index contributed by atoms with van der Waals surface area (Å²) < 4.78 is 10.0. The zero-order chi connectivity index (χ0) is 12.3. The highest BCUT2D eigenvalue weighted by molar-refractivity contribution is 5.88. The summed E-state index contributed by atoms with van der Waals surface area (Å²) in [5, 5.41) is 12.5. The van der Waals surface area contributed by atoms with Crippen molar-refractivity contribution in [2.24, 2.45) is 0 Å². The van der Waals surface area contributed by atoms with E-state index in [1.165, 1.54) is 12.3 Å². The first-order valence-electron chi connectivity index (χ1n) is 4.77. The molecule has 2 aromatic rings. The van der Waals surface area contributed by atoms with Gasteiger partial charge in [0.15, 0.2) is 18.1 Å². The van der Waals surface area contributed by atoms with Gasteiger partial charge in [-0.25, -0.2) is 9.78 Å². The SMILES string of the molecule is Cc1nc(COc2cccnc2C(=O)O)no1. The van der Waals surface area contributed by atoms with E-state index in [2.05, 4.69) is 15.1 Å². The van der Waals surface area contributed by atoms with E-state index >= 15 is 0 Å². The predicted octanol–water partition coefficient (Wildman–Crippen LogP) is 1.05. The van der Waals surface area contributed by atoms with Crippen LogP contribution < -0.4 is 4.74 Å². The number of ether oxygens (including phenoxy) is 1. The van der Waals surface area contributed by atoms with Gasteiger partial charge in [-0.1, -0.05) is 5.16 Å². The quantitative estimate of drug-likeness (QED) is 0.845. The van der Waals surface area contributed by atoms with Crippen LogP contribution in [0.25, 0.3) is 0 Å². The Bertz CT molecular complexity index is 538. The van der Waals surface area contributed by atoms with Crippen molar-refractivity contribution in [3.63, 3.8) is 0 Å². The van der Waals surface area contributed by atoms with Gasteiger partial charge in [-0.3, -0.25) is 0 Å². The van der Waals surface area contributed by atoms with Crippen molar-refractivity contribution in [1.29, 1.82) is 0 Å². The van der Waals surface area contributed by atoms with Gasteiger partial charge in [0.1, 0.15) is 0 Å². The number of rotatable bonds is 4. The number of carboxylic acid groups (broad SMARTS) is 1. The normalized spacial score (nSPS) is 10.2. The van der Waals surface area contributed by atoms with E-state index in [-0.39, 0.29) is 18.1 Å². The van der Waals surface area contributed by atoms with Crippen LogP contribution in [-0.2, 0) is 6.61 Å². The van der Waals surface area contributed by atoms with E-state index in [9.17, 15) is 4.79 Å². The van der Waals surface area contributed by atoms with Crippen molar-refractivity contribution in [3.05, 3.63) is 35.7 Å². The van der Waals surface area contributed by atoms with Gasteiger partial charge in [0.05, 0.1) is 0 Å². The highest BCUT2D eigenvalue weighted by Gasteiger charge is 2.13. The van der Waals surface area contributed by atoms with Crippen molar-refractivity contribution in [2.75, 3.05) is 0 Å². The molecule has 88 valence electrons. The molecule has 0 saturated heterocycles. The molecule has 1 N–H and O–H groups in total. The lowest BCUT2D eigenvalue weighted by atomic mass is 10.3. The molecule has 2 aromatic heterocycles. The number of aromatic carboxylic acids is 1. The number of nitrogens with zero attached hydrogens (tertiary/aromatic N) is 3. The lowest BCUT2D eigenvalue weighted by Crippen LogP contribution is -2.06. The predicted molar refractivity (Wildman–Crippen MR) is 54.6 cm³/mol. The Balaban J connectivity index is 2.11. The molecule has 0 spiro atoms. The standard InChI is InChI=1S/C10H9N3O4/c1-6-12-8(13-17-6)5-16-7-3-2-4-11-9(7)10(14)15/h2-4H,5H2,1H3,(H,14,15). The van der Waals surface area contributed by atoms with Crippen molar-refractivity contribution in [1.82, 2.24) is 15.1 Å². The Hall–Kier alpha value is -2.44. The summed E-state index contributed by atoms with van der Waals surface area (Å²) in [4.78, 5) is 18.5. The van der Waals surface area contributed by atoms with Crippen LogP contribution in [0, 0.1) is 6.92 Å². The van der Waals surface area contributed by atoms with Gasteiger partial charge in [-0.05, 0) is 12.1 Å². The molecule has 7 heteroatoms. The minimum absolute atomic E-state index is 0.0311. The first-order chi connectivity index (χ1) is 8.16. The molecule has 0 atom stereocenters. The smallest absolute Gasteiger partial charge is 0.358 e. The minimum atomic E-state index is -1.15. The minimum Gasteiger partial charge on any atom is -0.483 e. The summed E-state index contributed by atoms with van der Waals surface area (Å²) in [6.45, 7) is 1.69. The van der Waals surface area contributed by atoms with Gasteiger partial charge in [0.2, 0.25) is 11.7 Å². The molecular formula is C10H9N3O4. The zero-order valence-corrected chi connectivity index (χ0v) is 8.95. The average Bonchev–Trinajstić information content (AvgIpc) is 2.73. The second kappa shape index (κ2) is 4.60. The molecule has 17 heavy (non-hydrogen) atoms. The molecule has 0 fully saturated rings. The lowest BCUT2D eigenvalue weighted by molar-refractivity contribution is 0.0684. The summed E-state index contributed by atoms with van der Waals surface area (Å²) in [6, 6.07) is 3.10. The number of pyridine rings is 1. The molecule has 7 nitrogen and oxygen atoms in total. The van der Waals surface area contributed by atoms with Crippen LogP contribution in [0.2, 0.25) is 0 Å². The van der Waals surface area contributed by atoms with Crippen molar-refractivity contribution in [3.8, 4) is 5.75 Å². The van der Waals surface area contributed by atoms with Crippen LogP contribution in [0.4, 0.5) is 0 Å². The number of hydrogen-bond acceptors (Lipinski definition) is 6. The molecule has 0 aliphatic carbocycles. The molecule has 0 unspecified atom stereocenters. The fourth-order valence-corrected chi connectivity index (χ4v) is 1.21. The molecular weight excluding hydrogens is 226 g/mol. The van der Waals surface area contributed by atoms with Crippen LogP contribution in [0.1, 0.15) is 22.2 Å². The van der Waals surface area contributed by atoms with Crippen molar-refractivity contribution < 1.29 is 19.2 Å². The van der Waals surface area contributed by atoms with E-state index in [1.807, 2.05) is 0 Å². The summed E-state index contributed by atoms with van der Waals surface area (Å²) in [7, 11) is 0. The molecule has 2 rings (SSSR count). The number of carboxylic acids is 1. The first kappa shape index (κ1) is 11.1. The fourth-order valence-electron chi connectivity index (χ4n) is 1.21. The van der Waals surface area contributed by atoms with Crippen molar-refractivity contribution in [2.45, 2.75) is 13.5 Å². The Labute approximate surface area is 96.1 Å². The highest BCUT2D eigenvalue weighted by atomic mass is 16.5. The lowest BCUT2D eigenvalue weighted by Gasteiger charge is -2.05. The summed E-state index contributed by atoms with van der Waals surface area (Å²) in [5.41, 5.74) is -0.146. The zero-order valence-electron chi connectivity index (χ0n) is 8.95. The highest BCUT2D eigenvalue weighted by Crippen LogP contribution is 2.16. The Morgan fingerprint density at radius 3 is 3.06 bits per heavy atom. The topological polar surface area (TPSA) is 98.3 Å². The molecule has 0 radical (unpaired) electrons. The number of aryl methyl sites for hydroxylation is 1. The van der Waals surface area contributed by atoms with Gasteiger partial charge >= 0.3 is 5.97 Å². The van der Waals surface area contributed by atoms with Gasteiger partial charge in [0, 0.05) is 13.1 Å². The Kier molecular flexibility index (Phi) is 2.99. The Morgan fingerprint density at radius 1 is 1.59 bits per heavy atom. The molecule has 0 aliphatic rings. The third kappa shape index (κ3) is 2.57. The molecule has 0 aliphatic heterocycles. The van der Waals surface area contributed by atoms with Crippen LogP contribution in [-0.4, -0.2) is 26.2 Å². The van der Waals surface area contributed by atoms with Crippen LogP contribution in [0.5, 0.6) is 5.75 Å². The third-order valence-corrected chi connectivity index (χ3v) is 1.90. The van der Waals surface area contributed by atoms with E-state index < -0.39 is 5.97 Å². The maximum Gasteiger partial charge on any atom is 0.358 e. The fraction of sp³-hybridized carbons (Fsp3) is 0.200. The maximum atomic E-state index is 10.8. The average molecular weight is 235 g/mol.